The third-order valence-corrected chi connectivity index (χ3v) is 7.86. The van der Waals surface area contributed by atoms with Gasteiger partial charge in [-0.2, -0.15) is 5.10 Å². The van der Waals surface area contributed by atoms with Crippen LogP contribution in [0.1, 0.15) is 39.9 Å². The predicted octanol–water partition coefficient (Wildman–Crippen LogP) is 3.27. The molecule has 2 amide bonds. The fourth-order valence-electron chi connectivity index (χ4n) is 5.46. The smallest absolute Gasteiger partial charge is 0.290 e. The molecule has 0 spiro atoms. The van der Waals surface area contributed by atoms with Crippen molar-refractivity contribution in [3.05, 3.63) is 106 Å². The third kappa shape index (κ3) is 5.80. The van der Waals surface area contributed by atoms with Gasteiger partial charge in [-0.3, -0.25) is 14.4 Å². The minimum absolute atomic E-state index is 0.0602. The molecule has 4 aromatic rings. The van der Waals surface area contributed by atoms with Gasteiger partial charge >= 0.3 is 0 Å². The topological polar surface area (TPSA) is 121 Å². The van der Waals surface area contributed by atoms with E-state index >= 15 is 0 Å². The largest absolute Gasteiger partial charge is 0.393 e. The van der Waals surface area contributed by atoms with Crippen molar-refractivity contribution in [1.82, 2.24) is 24.6 Å². The first-order chi connectivity index (χ1) is 20.3. The van der Waals surface area contributed by atoms with Gasteiger partial charge in [0.25, 0.3) is 11.5 Å². The predicted molar refractivity (Wildman–Crippen MR) is 158 cm³/mol. The number of aliphatic hydroxyl groups is 1. The van der Waals surface area contributed by atoms with Crippen LogP contribution in [0, 0.1) is 0 Å². The number of anilines is 2. The molecule has 42 heavy (non-hydrogen) atoms. The van der Waals surface area contributed by atoms with Crippen LogP contribution in [0.15, 0.2) is 77.7 Å². The first-order valence-electron chi connectivity index (χ1n) is 14.1. The highest BCUT2D eigenvalue weighted by Gasteiger charge is 2.24. The molecule has 1 fully saturated rings. The molecule has 0 aliphatic carbocycles. The summed E-state index contributed by atoms with van der Waals surface area (Å²) in [4.78, 5) is 46.7. The van der Waals surface area contributed by atoms with Crippen LogP contribution in [-0.4, -0.2) is 60.7 Å². The molecule has 0 bridgehead atoms. The monoisotopic (exact) mass is 564 g/mol. The summed E-state index contributed by atoms with van der Waals surface area (Å²) in [6.45, 7) is 2.27. The lowest BCUT2D eigenvalue weighted by atomic mass is 10.0. The lowest BCUT2D eigenvalue weighted by Crippen LogP contribution is -2.40. The fourth-order valence-corrected chi connectivity index (χ4v) is 5.46. The van der Waals surface area contributed by atoms with E-state index in [1.807, 2.05) is 41.3 Å². The first-order valence-corrected chi connectivity index (χ1v) is 14.1. The number of rotatable bonds is 6. The molecule has 0 saturated carbocycles. The van der Waals surface area contributed by atoms with Crippen molar-refractivity contribution in [2.45, 2.75) is 38.5 Å². The second-order valence-corrected chi connectivity index (χ2v) is 10.8. The number of carbonyl (C=O) groups is 2. The van der Waals surface area contributed by atoms with Gasteiger partial charge in [0.05, 0.1) is 23.8 Å². The number of benzene rings is 2. The standard InChI is InChI=1S/C32H32N6O4/c1-36-32(42)28(34-29-10-9-23(18-33-29)31(41)37-13-11-26(39)12-14-37)17-27(35-36)22-8-4-5-21(15-22)16-30(40)38-19-24-6-2-3-7-25(24)20-38/h2-10,15,17-18,26,39H,11-14,16,19-20H2,1H3,(H,33,34). The second kappa shape index (κ2) is 11.6. The maximum Gasteiger partial charge on any atom is 0.290 e. The van der Waals surface area contributed by atoms with Crippen LogP contribution in [0.4, 0.5) is 11.5 Å². The minimum Gasteiger partial charge on any atom is -0.393 e. The van der Waals surface area contributed by atoms with Gasteiger partial charge in [-0.15, -0.1) is 0 Å². The lowest BCUT2D eigenvalue weighted by Gasteiger charge is -2.29. The maximum atomic E-state index is 13.1. The zero-order valence-electron chi connectivity index (χ0n) is 23.4. The summed E-state index contributed by atoms with van der Waals surface area (Å²) >= 11 is 0. The number of fused-ring (bicyclic) bond motifs is 1. The van der Waals surface area contributed by atoms with Crippen molar-refractivity contribution in [3.63, 3.8) is 0 Å². The van der Waals surface area contributed by atoms with Crippen LogP contribution in [0.2, 0.25) is 0 Å². The number of hydrogen-bond donors (Lipinski definition) is 2. The summed E-state index contributed by atoms with van der Waals surface area (Å²) in [6, 6.07) is 20.7. The molecule has 214 valence electrons. The zero-order chi connectivity index (χ0) is 29.2. The van der Waals surface area contributed by atoms with Crippen LogP contribution in [0.5, 0.6) is 0 Å². The average molecular weight is 565 g/mol. The van der Waals surface area contributed by atoms with Crippen molar-refractivity contribution in [2.75, 3.05) is 18.4 Å². The quantitative estimate of drug-likeness (QED) is 0.369. The van der Waals surface area contributed by atoms with Gasteiger partial charge in [0.2, 0.25) is 5.91 Å². The number of aliphatic hydroxyl groups excluding tert-OH is 1. The molecular formula is C32H32N6O4. The Hall–Kier alpha value is -4.83. The van der Waals surface area contributed by atoms with Crippen LogP contribution in [0.3, 0.4) is 0 Å². The Bertz CT molecular complexity index is 1670. The van der Waals surface area contributed by atoms with E-state index in [2.05, 4.69) is 27.5 Å². The average Bonchev–Trinajstić information content (AvgIpc) is 3.45. The maximum absolute atomic E-state index is 13.1. The molecule has 0 unspecified atom stereocenters. The summed E-state index contributed by atoms with van der Waals surface area (Å²) in [5.74, 6) is 0.349. The number of aryl methyl sites for hydroxylation is 1. The molecule has 2 aromatic carbocycles. The Kier molecular flexibility index (Phi) is 7.54. The van der Waals surface area contributed by atoms with Crippen molar-refractivity contribution in [1.29, 1.82) is 0 Å². The van der Waals surface area contributed by atoms with Gasteiger partial charge in [0, 0.05) is 45.0 Å². The number of amides is 2. The number of carbonyl (C=O) groups excluding carboxylic acids is 2. The molecular weight excluding hydrogens is 532 g/mol. The number of nitrogens with zero attached hydrogens (tertiary/aromatic N) is 5. The van der Waals surface area contributed by atoms with Crippen molar-refractivity contribution < 1.29 is 14.7 Å². The highest BCUT2D eigenvalue weighted by Crippen LogP contribution is 2.25. The number of aromatic nitrogens is 3. The van der Waals surface area contributed by atoms with Gasteiger partial charge in [-0.05, 0) is 53.8 Å². The van der Waals surface area contributed by atoms with Crippen molar-refractivity contribution in [3.8, 4) is 11.3 Å². The molecule has 1 saturated heterocycles. The summed E-state index contributed by atoms with van der Waals surface area (Å²) in [5.41, 5.74) is 5.00. The van der Waals surface area contributed by atoms with Crippen LogP contribution >= 0.6 is 0 Å². The number of pyridine rings is 1. The SMILES string of the molecule is Cn1nc(-c2cccc(CC(=O)N3Cc4ccccc4C3)c2)cc(Nc2ccc(C(=O)N3CCC(O)CC3)cn2)c1=O. The Morgan fingerprint density at radius 1 is 0.952 bits per heavy atom. The highest BCUT2D eigenvalue weighted by molar-refractivity contribution is 5.94. The number of likely N-dealkylation sites (tertiary alicyclic amines) is 1. The Balaban J connectivity index is 1.16. The fraction of sp³-hybridized carbons (Fsp3) is 0.281. The third-order valence-electron chi connectivity index (χ3n) is 7.86. The Labute approximate surface area is 243 Å². The summed E-state index contributed by atoms with van der Waals surface area (Å²) in [7, 11) is 1.58. The molecule has 2 aliphatic rings. The van der Waals surface area contributed by atoms with Crippen LogP contribution < -0.4 is 10.9 Å². The summed E-state index contributed by atoms with van der Waals surface area (Å²) in [5, 5.41) is 17.2. The molecule has 0 radical (unpaired) electrons. The number of nitrogens with one attached hydrogen (secondary N) is 1. The summed E-state index contributed by atoms with van der Waals surface area (Å²) < 4.78 is 1.26. The van der Waals surface area contributed by atoms with Gasteiger partial charge < -0.3 is 20.2 Å². The Morgan fingerprint density at radius 3 is 2.38 bits per heavy atom. The molecule has 10 nitrogen and oxygen atoms in total. The van der Waals surface area contributed by atoms with Gasteiger partial charge in [-0.25, -0.2) is 9.67 Å². The van der Waals surface area contributed by atoms with E-state index in [1.54, 1.807) is 30.1 Å². The summed E-state index contributed by atoms with van der Waals surface area (Å²) in [6.07, 6.45) is 2.54. The number of hydrogen-bond acceptors (Lipinski definition) is 7. The minimum atomic E-state index is -0.356. The van der Waals surface area contributed by atoms with E-state index in [0.29, 0.717) is 56.1 Å². The van der Waals surface area contributed by atoms with E-state index < -0.39 is 0 Å². The van der Waals surface area contributed by atoms with E-state index in [1.165, 1.54) is 22.0 Å². The van der Waals surface area contributed by atoms with Gasteiger partial charge in [-0.1, -0.05) is 42.5 Å². The normalized spacial score (nSPS) is 15.0. The molecule has 2 aromatic heterocycles. The van der Waals surface area contributed by atoms with E-state index in [-0.39, 0.29) is 35.6 Å². The van der Waals surface area contributed by atoms with Gasteiger partial charge in [0.15, 0.2) is 0 Å². The second-order valence-electron chi connectivity index (χ2n) is 10.8. The molecule has 2 N–H and O–H groups in total. The molecule has 6 rings (SSSR count). The van der Waals surface area contributed by atoms with Gasteiger partial charge in [0.1, 0.15) is 11.5 Å². The van der Waals surface area contributed by atoms with Crippen molar-refractivity contribution >= 4 is 23.3 Å². The Morgan fingerprint density at radius 2 is 1.69 bits per heavy atom. The molecule has 2 aliphatic heterocycles. The van der Waals surface area contributed by atoms with Crippen LogP contribution in [-0.2, 0) is 31.4 Å². The highest BCUT2D eigenvalue weighted by atomic mass is 16.3. The number of piperidine rings is 1. The van der Waals surface area contributed by atoms with E-state index in [9.17, 15) is 19.5 Å². The van der Waals surface area contributed by atoms with Crippen LogP contribution in [0.25, 0.3) is 11.3 Å². The first kappa shape index (κ1) is 27.3. The molecule has 10 heteroatoms. The van der Waals surface area contributed by atoms with E-state index in [4.69, 9.17) is 0 Å². The molecule has 0 atom stereocenters. The molecule has 4 heterocycles. The van der Waals surface area contributed by atoms with Crippen molar-refractivity contribution in [2.24, 2.45) is 7.05 Å². The lowest BCUT2D eigenvalue weighted by molar-refractivity contribution is -0.131. The zero-order valence-corrected chi connectivity index (χ0v) is 23.4. The van der Waals surface area contributed by atoms with E-state index in [0.717, 1.165) is 11.1 Å².